The molecule has 3 N–H and O–H groups in total. The zero-order valence-corrected chi connectivity index (χ0v) is 11.8. The van der Waals surface area contributed by atoms with E-state index in [9.17, 15) is 12.8 Å². The standard InChI is InChI=1S/C13H14FN3O2S/c1-8-3-4-16-13(5-8)17-20(18,19)10-6-11(14)9(2)12(15)7-10/h3-7H,15H2,1-2H3,(H,16,17). The first-order valence-electron chi connectivity index (χ1n) is 5.81. The Morgan fingerprint density at radius 2 is 1.95 bits per heavy atom. The van der Waals surface area contributed by atoms with Gasteiger partial charge >= 0.3 is 0 Å². The van der Waals surface area contributed by atoms with Crippen molar-refractivity contribution in [3.63, 3.8) is 0 Å². The van der Waals surface area contributed by atoms with Crippen molar-refractivity contribution in [2.75, 3.05) is 10.5 Å². The number of nitrogens with two attached hydrogens (primary N) is 1. The van der Waals surface area contributed by atoms with Crippen molar-refractivity contribution in [2.24, 2.45) is 0 Å². The molecule has 0 aliphatic heterocycles. The number of hydrogen-bond acceptors (Lipinski definition) is 4. The molecule has 1 aromatic heterocycles. The summed E-state index contributed by atoms with van der Waals surface area (Å²) in [7, 11) is -3.92. The van der Waals surface area contributed by atoms with Gasteiger partial charge in [-0.1, -0.05) is 0 Å². The number of aryl methyl sites for hydroxylation is 1. The van der Waals surface area contributed by atoms with Gasteiger partial charge in [-0.3, -0.25) is 4.72 Å². The van der Waals surface area contributed by atoms with E-state index >= 15 is 0 Å². The molecule has 0 aliphatic rings. The minimum absolute atomic E-state index is 0.0857. The number of hydrogen-bond donors (Lipinski definition) is 2. The molecule has 2 aromatic rings. The van der Waals surface area contributed by atoms with Gasteiger partial charge in [0.25, 0.3) is 10.0 Å². The molecule has 0 spiro atoms. The lowest BCUT2D eigenvalue weighted by molar-refractivity contribution is 0.593. The maximum Gasteiger partial charge on any atom is 0.263 e. The van der Waals surface area contributed by atoms with Gasteiger partial charge in [0, 0.05) is 17.4 Å². The van der Waals surface area contributed by atoms with E-state index in [1.807, 2.05) is 6.92 Å². The number of anilines is 2. The summed E-state index contributed by atoms with van der Waals surface area (Å²) in [5.41, 5.74) is 6.75. The predicted octanol–water partition coefficient (Wildman–Crippen LogP) is 2.22. The van der Waals surface area contributed by atoms with Gasteiger partial charge in [0.1, 0.15) is 11.6 Å². The van der Waals surface area contributed by atoms with Crippen LogP contribution < -0.4 is 10.5 Å². The van der Waals surface area contributed by atoms with Crippen LogP contribution in [0.1, 0.15) is 11.1 Å². The van der Waals surface area contributed by atoms with Crippen molar-refractivity contribution >= 4 is 21.5 Å². The predicted molar refractivity (Wildman–Crippen MR) is 75.3 cm³/mol. The molecule has 7 heteroatoms. The smallest absolute Gasteiger partial charge is 0.263 e. The van der Waals surface area contributed by atoms with E-state index in [0.717, 1.165) is 11.6 Å². The number of benzene rings is 1. The molecule has 0 aliphatic carbocycles. The number of nitrogens with one attached hydrogen (secondary N) is 1. The molecule has 5 nitrogen and oxygen atoms in total. The van der Waals surface area contributed by atoms with E-state index in [2.05, 4.69) is 9.71 Å². The second kappa shape index (κ2) is 5.09. The summed E-state index contributed by atoms with van der Waals surface area (Å²) < 4.78 is 40.2. The van der Waals surface area contributed by atoms with Gasteiger partial charge in [0.15, 0.2) is 0 Å². The van der Waals surface area contributed by atoms with Gasteiger partial charge < -0.3 is 5.73 Å². The van der Waals surface area contributed by atoms with Crippen molar-refractivity contribution in [3.8, 4) is 0 Å². The highest BCUT2D eigenvalue weighted by atomic mass is 32.2. The largest absolute Gasteiger partial charge is 0.398 e. The second-order valence-electron chi connectivity index (χ2n) is 4.44. The van der Waals surface area contributed by atoms with Gasteiger partial charge in [0.05, 0.1) is 4.90 Å². The summed E-state index contributed by atoms with van der Waals surface area (Å²) in [6.45, 7) is 3.29. The van der Waals surface area contributed by atoms with Crippen LogP contribution in [0.15, 0.2) is 35.4 Å². The first-order chi connectivity index (χ1) is 9.29. The average molecular weight is 295 g/mol. The molecule has 0 saturated heterocycles. The van der Waals surface area contributed by atoms with Crippen LogP contribution >= 0.6 is 0 Å². The molecule has 1 aromatic carbocycles. The maximum atomic E-state index is 13.6. The summed E-state index contributed by atoms with van der Waals surface area (Å²) in [4.78, 5) is 3.66. The Bertz CT molecular complexity index is 737. The van der Waals surface area contributed by atoms with Crippen molar-refractivity contribution in [3.05, 3.63) is 47.4 Å². The number of pyridine rings is 1. The quantitative estimate of drug-likeness (QED) is 0.850. The molecule has 0 amide bonds. The Kier molecular flexibility index (Phi) is 3.63. The molecule has 0 saturated carbocycles. The van der Waals surface area contributed by atoms with Crippen molar-refractivity contribution < 1.29 is 12.8 Å². The number of sulfonamides is 1. The Hall–Kier alpha value is -2.15. The molecule has 0 bridgehead atoms. The number of nitrogen functional groups attached to an aromatic ring is 1. The molecule has 1 heterocycles. The highest BCUT2D eigenvalue weighted by Crippen LogP contribution is 2.22. The second-order valence-corrected chi connectivity index (χ2v) is 6.13. The third-order valence-corrected chi connectivity index (χ3v) is 4.16. The lowest BCUT2D eigenvalue weighted by Gasteiger charge is -2.10. The number of rotatable bonds is 3. The normalized spacial score (nSPS) is 11.3. The molecule has 0 fully saturated rings. The van der Waals surface area contributed by atoms with Crippen LogP contribution in [0.4, 0.5) is 15.9 Å². The van der Waals surface area contributed by atoms with Crippen molar-refractivity contribution in [1.29, 1.82) is 0 Å². The van der Waals surface area contributed by atoms with Crippen LogP contribution in [0.2, 0.25) is 0 Å². The van der Waals surface area contributed by atoms with E-state index in [1.165, 1.54) is 19.2 Å². The van der Waals surface area contributed by atoms with Crippen molar-refractivity contribution in [2.45, 2.75) is 18.7 Å². The molecule has 2 rings (SSSR count). The minimum Gasteiger partial charge on any atom is -0.398 e. The molecular weight excluding hydrogens is 281 g/mol. The topological polar surface area (TPSA) is 85.1 Å². The van der Waals surface area contributed by atoms with E-state index in [4.69, 9.17) is 5.73 Å². The van der Waals surface area contributed by atoms with E-state index < -0.39 is 15.8 Å². The van der Waals surface area contributed by atoms with Gasteiger partial charge in [-0.05, 0) is 43.7 Å². The maximum absolute atomic E-state index is 13.6. The average Bonchev–Trinajstić information content (AvgIpc) is 2.34. The summed E-state index contributed by atoms with van der Waals surface area (Å²) in [5.74, 6) is -0.493. The summed E-state index contributed by atoms with van der Waals surface area (Å²) in [6, 6.07) is 5.47. The summed E-state index contributed by atoms with van der Waals surface area (Å²) in [6.07, 6.45) is 1.48. The van der Waals surface area contributed by atoms with Crippen LogP contribution in [-0.2, 0) is 10.0 Å². The van der Waals surface area contributed by atoms with Gasteiger partial charge in [-0.25, -0.2) is 17.8 Å². The fourth-order valence-corrected chi connectivity index (χ4v) is 2.66. The zero-order valence-electron chi connectivity index (χ0n) is 11.0. The lowest BCUT2D eigenvalue weighted by Crippen LogP contribution is -2.15. The molecule has 20 heavy (non-hydrogen) atoms. The van der Waals surface area contributed by atoms with E-state index in [-0.39, 0.29) is 22.0 Å². The number of halogens is 1. The van der Waals surface area contributed by atoms with Crippen LogP contribution in [-0.4, -0.2) is 13.4 Å². The van der Waals surface area contributed by atoms with Gasteiger partial charge in [0.2, 0.25) is 0 Å². The first kappa shape index (κ1) is 14.3. The Labute approximate surface area is 116 Å². The zero-order chi connectivity index (χ0) is 14.9. The Morgan fingerprint density at radius 3 is 2.55 bits per heavy atom. The fraction of sp³-hybridized carbons (Fsp3) is 0.154. The molecule has 0 unspecified atom stereocenters. The van der Waals surface area contributed by atoms with Gasteiger partial charge in [-0.15, -0.1) is 0 Å². The summed E-state index contributed by atoms with van der Waals surface area (Å²) in [5, 5.41) is 0. The minimum atomic E-state index is -3.92. The molecule has 0 radical (unpaired) electrons. The van der Waals surface area contributed by atoms with E-state index in [1.54, 1.807) is 12.1 Å². The highest BCUT2D eigenvalue weighted by Gasteiger charge is 2.18. The Balaban J connectivity index is 2.41. The van der Waals surface area contributed by atoms with Gasteiger partial charge in [-0.2, -0.15) is 0 Å². The van der Waals surface area contributed by atoms with Crippen LogP contribution in [0.3, 0.4) is 0 Å². The van der Waals surface area contributed by atoms with Crippen LogP contribution in [0.5, 0.6) is 0 Å². The molecule has 106 valence electrons. The SMILES string of the molecule is Cc1ccnc(NS(=O)(=O)c2cc(N)c(C)c(F)c2)c1. The monoisotopic (exact) mass is 295 g/mol. The third-order valence-electron chi connectivity index (χ3n) is 2.82. The number of nitrogens with zero attached hydrogens (tertiary/aromatic N) is 1. The van der Waals surface area contributed by atoms with E-state index in [0.29, 0.717) is 0 Å². The number of aromatic nitrogens is 1. The highest BCUT2D eigenvalue weighted by molar-refractivity contribution is 7.92. The van der Waals surface area contributed by atoms with Crippen LogP contribution in [0, 0.1) is 19.7 Å². The first-order valence-corrected chi connectivity index (χ1v) is 7.29. The lowest BCUT2D eigenvalue weighted by atomic mass is 10.2. The third kappa shape index (κ3) is 2.88. The van der Waals surface area contributed by atoms with Crippen LogP contribution in [0.25, 0.3) is 0 Å². The Morgan fingerprint density at radius 1 is 1.25 bits per heavy atom. The molecular formula is C13H14FN3O2S. The van der Waals surface area contributed by atoms with Crippen molar-refractivity contribution in [1.82, 2.24) is 4.98 Å². The summed E-state index contributed by atoms with van der Waals surface area (Å²) >= 11 is 0. The fourth-order valence-electron chi connectivity index (χ4n) is 1.62. The molecule has 0 atom stereocenters.